The summed E-state index contributed by atoms with van der Waals surface area (Å²) >= 11 is 0. The van der Waals surface area contributed by atoms with E-state index < -0.39 is 4.92 Å². The van der Waals surface area contributed by atoms with Crippen LogP contribution in [-0.4, -0.2) is 17.4 Å². The summed E-state index contributed by atoms with van der Waals surface area (Å²) in [5.41, 5.74) is 2.74. The van der Waals surface area contributed by atoms with Crippen LogP contribution in [0.3, 0.4) is 0 Å². The number of benzene rings is 2. The number of amides is 1. The van der Waals surface area contributed by atoms with E-state index in [9.17, 15) is 14.9 Å². The third-order valence-corrected chi connectivity index (χ3v) is 4.06. The summed E-state index contributed by atoms with van der Waals surface area (Å²) in [5.74, 6) is 0.229. The molecule has 0 aliphatic heterocycles. The molecule has 0 radical (unpaired) electrons. The van der Waals surface area contributed by atoms with E-state index in [0.29, 0.717) is 0 Å². The first-order valence-corrected chi connectivity index (χ1v) is 8.60. The molecule has 0 atom stereocenters. The molecule has 0 aliphatic rings. The van der Waals surface area contributed by atoms with Crippen LogP contribution in [0, 0.1) is 10.1 Å². The van der Waals surface area contributed by atoms with Crippen LogP contribution in [0.1, 0.15) is 50.7 Å². The third-order valence-electron chi connectivity index (χ3n) is 4.06. The SMILES string of the molecule is CC(C)c1cccc(C(C)C)c1NC(=O)COc1ccccc1[N+](=O)[O-]. The van der Waals surface area contributed by atoms with Crippen LogP contribution >= 0.6 is 0 Å². The van der Waals surface area contributed by atoms with Gasteiger partial charge in [0.1, 0.15) is 0 Å². The lowest BCUT2D eigenvalue weighted by molar-refractivity contribution is -0.385. The second kappa shape index (κ2) is 8.47. The number of anilines is 1. The number of nitro groups is 1. The Morgan fingerprint density at radius 3 is 2.15 bits per heavy atom. The molecule has 0 aromatic heterocycles. The summed E-state index contributed by atoms with van der Waals surface area (Å²) in [5, 5.41) is 13.9. The molecule has 0 unspecified atom stereocenters. The van der Waals surface area contributed by atoms with Gasteiger partial charge < -0.3 is 10.1 Å². The number of hydrogen-bond donors (Lipinski definition) is 1. The number of rotatable bonds is 7. The van der Waals surface area contributed by atoms with E-state index in [1.54, 1.807) is 12.1 Å². The molecular formula is C20H24N2O4. The van der Waals surface area contributed by atoms with Gasteiger partial charge in [0.05, 0.1) is 4.92 Å². The fourth-order valence-corrected chi connectivity index (χ4v) is 2.74. The second-order valence-electron chi connectivity index (χ2n) is 6.68. The van der Waals surface area contributed by atoms with Crippen LogP contribution in [0.4, 0.5) is 11.4 Å². The molecule has 26 heavy (non-hydrogen) atoms. The molecule has 2 aromatic rings. The van der Waals surface area contributed by atoms with Crippen molar-refractivity contribution in [2.75, 3.05) is 11.9 Å². The van der Waals surface area contributed by atoms with E-state index >= 15 is 0 Å². The van der Waals surface area contributed by atoms with E-state index in [4.69, 9.17) is 4.74 Å². The van der Waals surface area contributed by atoms with E-state index in [1.165, 1.54) is 12.1 Å². The third kappa shape index (κ3) is 4.59. The Balaban J connectivity index is 2.17. The van der Waals surface area contributed by atoms with Gasteiger partial charge in [0, 0.05) is 11.8 Å². The van der Waals surface area contributed by atoms with Gasteiger partial charge in [-0.3, -0.25) is 14.9 Å². The number of nitro benzene ring substituents is 1. The van der Waals surface area contributed by atoms with Crippen molar-refractivity contribution in [3.63, 3.8) is 0 Å². The van der Waals surface area contributed by atoms with Gasteiger partial charge in [-0.1, -0.05) is 58.0 Å². The summed E-state index contributed by atoms with van der Waals surface area (Å²) in [4.78, 5) is 22.9. The lowest BCUT2D eigenvalue weighted by Crippen LogP contribution is -2.22. The van der Waals surface area contributed by atoms with Crippen LogP contribution < -0.4 is 10.1 Å². The van der Waals surface area contributed by atoms with Gasteiger partial charge in [-0.25, -0.2) is 0 Å². The van der Waals surface area contributed by atoms with Crippen LogP contribution in [0.5, 0.6) is 5.75 Å². The Bertz CT molecular complexity index is 774. The molecule has 0 saturated carbocycles. The van der Waals surface area contributed by atoms with Gasteiger partial charge in [-0.15, -0.1) is 0 Å². The maximum Gasteiger partial charge on any atom is 0.310 e. The van der Waals surface area contributed by atoms with Gasteiger partial charge in [0.2, 0.25) is 0 Å². The van der Waals surface area contributed by atoms with Crippen molar-refractivity contribution in [1.82, 2.24) is 0 Å². The fraction of sp³-hybridized carbons (Fsp3) is 0.350. The molecule has 1 N–H and O–H groups in total. The lowest BCUT2D eigenvalue weighted by atomic mass is 9.92. The zero-order valence-corrected chi connectivity index (χ0v) is 15.5. The summed E-state index contributed by atoms with van der Waals surface area (Å²) in [6.07, 6.45) is 0. The quantitative estimate of drug-likeness (QED) is 0.567. The molecule has 6 heteroatoms. The molecule has 2 rings (SSSR count). The largest absolute Gasteiger partial charge is 0.477 e. The Hall–Kier alpha value is -2.89. The molecule has 0 aliphatic carbocycles. The van der Waals surface area contributed by atoms with Crippen molar-refractivity contribution in [1.29, 1.82) is 0 Å². The first-order chi connectivity index (χ1) is 12.3. The Morgan fingerprint density at radius 2 is 1.62 bits per heavy atom. The number of ether oxygens (including phenoxy) is 1. The van der Waals surface area contributed by atoms with Gasteiger partial charge in [0.25, 0.3) is 5.91 Å². The number of carbonyl (C=O) groups excluding carboxylic acids is 1. The standard InChI is InChI=1S/C20H24N2O4/c1-13(2)15-8-7-9-16(14(3)4)20(15)21-19(23)12-26-18-11-6-5-10-17(18)22(24)25/h5-11,13-14H,12H2,1-4H3,(H,21,23). The number of hydrogen-bond acceptors (Lipinski definition) is 4. The second-order valence-corrected chi connectivity index (χ2v) is 6.68. The van der Waals surface area contributed by atoms with Gasteiger partial charge >= 0.3 is 5.69 Å². The molecule has 0 saturated heterocycles. The van der Waals surface area contributed by atoms with Crippen LogP contribution in [-0.2, 0) is 4.79 Å². The molecule has 6 nitrogen and oxygen atoms in total. The van der Waals surface area contributed by atoms with Crippen molar-refractivity contribution < 1.29 is 14.5 Å². The highest BCUT2D eigenvalue weighted by atomic mass is 16.6. The number of nitrogens with one attached hydrogen (secondary N) is 1. The van der Waals surface area contributed by atoms with Crippen LogP contribution in [0.2, 0.25) is 0 Å². The highest BCUT2D eigenvalue weighted by Crippen LogP contribution is 2.32. The normalized spacial score (nSPS) is 10.8. The molecule has 0 fully saturated rings. The van der Waals surface area contributed by atoms with Gasteiger partial charge in [0.15, 0.2) is 12.4 Å². The van der Waals surface area contributed by atoms with Crippen molar-refractivity contribution in [3.05, 3.63) is 63.7 Å². The van der Waals surface area contributed by atoms with Crippen molar-refractivity contribution in [2.45, 2.75) is 39.5 Å². The minimum atomic E-state index is -0.530. The van der Waals surface area contributed by atoms with Crippen molar-refractivity contribution >= 4 is 17.3 Å². The zero-order chi connectivity index (χ0) is 19.3. The molecule has 0 spiro atoms. The highest BCUT2D eigenvalue weighted by Gasteiger charge is 2.18. The summed E-state index contributed by atoms with van der Waals surface area (Å²) in [6, 6.07) is 12.0. The number of nitrogens with zero attached hydrogens (tertiary/aromatic N) is 1. The average Bonchev–Trinajstić information content (AvgIpc) is 2.59. The minimum absolute atomic E-state index is 0.0777. The first kappa shape index (κ1) is 19.4. The predicted octanol–water partition coefficient (Wildman–Crippen LogP) is 4.86. The van der Waals surface area contributed by atoms with E-state index in [1.807, 2.05) is 18.2 Å². The molecule has 2 aromatic carbocycles. The van der Waals surface area contributed by atoms with Crippen LogP contribution in [0.15, 0.2) is 42.5 Å². The van der Waals surface area contributed by atoms with Gasteiger partial charge in [-0.05, 0) is 29.0 Å². The molecule has 1 amide bonds. The average molecular weight is 356 g/mol. The smallest absolute Gasteiger partial charge is 0.310 e. The topological polar surface area (TPSA) is 81.5 Å². The molecule has 138 valence electrons. The Morgan fingerprint density at radius 1 is 1.04 bits per heavy atom. The van der Waals surface area contributed by atoms with E-state index in [0.717, 1.165) is 16.8 Å². The summed E-state index contributed by atoms with van der Waals surface area (Å²) in [7, 11) is 0. The zero-order valence-electron chi connectivity index (χ0n) is 15.5. The minimum Gasteiger partial charge on any atom is -0.477 e. The Labute approximate surface area is 153 Å². The summed E-state index contributed by atoms with van der Waals surface area (Å²) in [6.45, 7) is 7.98. The maximum atomic E-state index is 12.4. The maximum absolute atomic E-state index is 12.4. The first-order valence-electron chi connectivity index (χ1n) is 8.60. The van der Waals surface area contributed by atoms with Crippen molar-refractivity contribution in [2.24, 2.45) is 0 Å². The number of para-hydroxylation sites is 3. The molecular weight excluding hydrogens is 332 g/mol. The Kier molecular flexibility index (Phi) is 6.33. The predicted molar refractivity (Wildman–Crippen MR) is 102 cm³/mol. The van der Waals surface area contributed by atoms with Crippen molar-refractivity contribution in [3.8, 4) is 5.75 Å². The lowest BCUT2D eigenvalue weighted by Gasteiger charge is -2.20. The number of carbonyl (C=O) groups is 1. The fourth-order valence-electron chi connectivity index (χ4n) is 2.74. The van der Waals surface area contributed by atoms with Crippen LogP contribution in [0.25, 0.3) is 0 Å². The molecule has 0 bridgehead atoms. The molecule has 0 heterocycles. The highest BCUT2D eigenvalue weighted by molar-refractivity contribution is 5.93. The van der Waals surface area contributed by atoms with E-state index in [2.05, 4.69) is 33.0 Å². The van der Waals surface area contributed by atoms with E-state index in [-0.39, 0.29) is 35.8 Å². The van der Waals surface area contributed by atoms with Gasteiger partial charge in [-0.2, -0.15) is 0 Å². The summed E-state index contributed by atoms with van der Waals surface area (Å²) < 4.78 is 5.38. The monoisotopic (exact) mass is 356 g/mol.